The molecular formula is C14H15N3O. The average Bonchev–Trinajstić information content (AvgIpc) is 3.05. The van der Waals surface area contributed by atoms with E-state index in [9.17, 15) is 4.79 Å². The van der Waals surface area contributed by atoms with Gasteiger partial charge in [-0.3, -0.25) is 9.89 Å². The molecule has 2 aromatic rings. The normalized spacial score (nSPS) is 13.3. The Balaban J connectivity index is 1.69. The number of benzene rings is 1. The van der Waals surface area contributed by atoms with E-state index in [1.54, 1.807) is 12.4 Å². The van der Waals surface area contributed by atoms with Crippen molar-refractivity contribution in [3.63, 3.8) is 0 Å². The third-order valence-corrected chi connectivity index (χ3v) is 3.37. The molecule has 1 aromatic heterocycles. The molecule has 0 radical (unpaired) electrons. The van der Waals surface area contributed by atoms with Gasteiger partial charge in [-0.15, -0.1) is 0 Å². The fraction of sp³-hybridized carbons (Fsp3) is 0.286. The van der Waals surface area contributed by atoms with E-state index in [1.165, 1.54) is 17.5 Å². The highest BCUT2D eigenvalue weighted by molar-refractivity contribution is 5.94. The van der Waals surface area contributed by atoms with Crippen LogP contribution in [0.25, 0.3) is 0 Å². The first-order valence-electron chi connectivity index (χ1n) is 6.20. The number of nitrogens with zero attached hydrogens (tertiary/aromatic N) is 1. The Morgan fingerprint density at radius 2 is 2.22 bits per heavy atom. The summed E-state index contributed by atoms with van der Waals surface area (Å²) in [4.78, 5) is 12.0. The van der Waals surface area contributed by atoms with E-state index < -0.39 is 0 Å². The highest BCUT2D eigenvalue weighted by atomic mass is 16.1. The number of carbonyl (C=O) groups is 1. The molecule has 0 aliphatic heterocycles. The Bertz CT molecular complexity index is 560. The smallest absolute Gasteiger partial charge is 0.251 e. The SMILES string of the molecule is O=C(NCc1cn[nH]c1)c1ccc2c(c1)CCC2. The Morgan fingerprint density at radius 1 is 1.33 bits per heavy atom. The molecule has 1 aromatic carbocycles. The van der Waals surface area contributed by atoms with E-state index >= 15 is 0 Å². The maximum Gasteiger partial charge on any atom is 0.251 e. The molecule has 1 heterocycles. The zero-order chi connectivity index (χ0) is 12.4. The van der Waals surface area contributed by atoms with Crippen molar-refractivity contribution in [1.82, 2.24) is 15.5 Å². The van der Waals surface area contributed by atoms with Gasteiger partial charge in [0.2, 0.25) is 0 Å². The highest BCUT2D eigenvalue weighted by Gasteiger charge is 2.13. The van der Waals surface area contributed by atoms with Crippen molar-refractivity contribution >= 4 is 5.91 Å². The number of aromatic nitrogens is 2. The van der Waals surface area contributed by atoms with Crippen LogP contribution in [0.15, 0.2) is 30.6 Å². The lowest BCUT2D eigenvalue weighted by molar-refractivity contribution is 0.0951. The Kier molecular flexibility index (Phi) is 2.84. The van der Waals surface area contributed by atoms with Gasteiger partial charge in [-0.1, -0.05) is 6.07 Å². The van der Waals surface area contributed by atoms with Crippen LogP contribution in [0.3, 0.4) is 0 Å². The molecule has 0 unspecified atom stereocenters. The molecule has 0 fully saturated rings. The number of amides is 1. The number of rotatable bonds is 3. The monoisotopic (exact) mass is 241 g/mol. The van der Waals surface area contributed by atoms with E-state index in [-0.39, 0.29) is 5.91 Å². The Morgan fingerprint density at radius 3 is 3.06 bits per heavy atom. The molecule has 1 aliphatic rings. The van der Waals surface area contributed by atoms with Gasteiger partial charge >= 0.3 is 0 Å². The molecule has 18 heavy (non-hydrogen) atoms. The summed E-state index contributed by atoms with van der Waals surface area (Å²) in [5.41, 5.74) is 4.44. The minimum absolute atomic E-state index is 0.0223. The molecule has 92 valence electrons. The van der Waals surface area contributed by atoms with Crippen molar-refractivity contribution in [2.75, 3.05) is 0 Å². The second kappa shape index (κ2) is 4.64. The summed E-state index contributed by atoms with van der Waals surface area (Å²) in [6.07, 6.45) is 6.94. The van der Waals surface area contributed by atoms with Gasteiger partial charge in [0.05, 0.1) is 6.20 Å². The van der Waals surface area contributed by atoms with Gasteiger partial charge in [-0.05, 0) is 42.5 Å². The summed E-state index contributed by atoms with van der Waals surface area (Å²) in [5, 5.41) is 9.46. The Labute approximate surface area is 105 Å². The quantitative estimate of drug-likeness (QED) is 0.861. The molecule has 0 saturated carbocycles. The molecule has 3 rings (SSSR count). The minimum atomic E-state index is -0.0223. The second-order valence-corrected chi connectivity index (χ2v) is 4.63. The van der Waals surface area contributed by atoms with Crippen LogP contribution in [-0.4, -0.2) is 16.1 Å². The summed E-state index contributed by atoms with van der Waals surface area (Å²) in [5.74, 6) is -0.0223. The van der Waals surface area contributed by atoms with Crippen molar-refractivity contribution < 1.29 is 4.79 Å². The molecule has 1 aliphatic carbocycles. The maximum atomic E-state index is 12.0. The molecule has 0 bridgehead atoms. The zero-order valence-corrected chi connectivity index (χ0v) is 10.1. The van der Waals surface area contributed by atoms with Gasteiger partial charge in [0.25, 0.3) is 5.91 Å². The van der Waals surface area contributed by atoms with Crippen molar-refractivity contribution in [3.8, 4) is 0 Å². The van der Waals surface area contributed by atoms with Crippen LogP contribution in [0.1, 0.15) is 33.5 Å². The van der Waals surface area contributed by atoms with E-state index in [4.69, 9.17) is 0 Å². The molecule has 1 amide bonds. The largest absolute Gasteiger partial charge is 0.348 e. The van der Waals surface area contributed by atoms with Crippen molar-refractivity contribution in [2.45, 2.75) is 25.8 Å². The average molecular weight is 241 g/mol. The summed E-state index contributed by atoms with van der Waals surface area (Å²) >= 11 is 0. The molecule has 0 saturated heterocycles. The van der Waals surface area contributed by atoms with Crippen LogP contribution in [0.4, 0.5) is 0 Å². The number of aryl methyl sites for hydroxylation is 2. The fourth-order valence-electron chi connectivity index (χ4n) is 2.37. The van der Waals surface area contributed by atoms with E-state index in [0.717, 1.165) is 24.0 Å². The summed E-state index contributed by atoms with van der Waals surface area (Å²) in [6.45, 7) is 0.506. The predicted octanol–water partition coefficient (Wildman–Crippen LogP) is 1.83. The predicted molar refractivity (Wildman–Crippen MR) is 68.2 cm³/mol. The number of hydrogen-bond donors (Lipinski definition) is 2. The first-order valence-corrected chi connectivity index (χ1v) is 6.20. The van der Waals surface area contributed by atoms with Gasteiger partial charge < -0.3 is 5.32 Å². The zero-order valence-electron chi connectivity index (χ0n) is 10.1. The summed E-state index contributed by atoms with van der Waals surface area (Å²) in [7, 11) is 0. The number of aromatic amines is 1. The third kappa shape index (κ3) is 2.14. The highest BCUT2D eigenvalue weighted by Crippen LogP contribution is 2.22. The summed E-state index contributed by atoms with van der Waals surface area (Å²) in [6, 6.07) is 6.01. The van der Waals surface area contributed by atoms with Crippen LogP contribution in [0.5, 0.6) is 0 Å². The van der Waals surface area contributed by atoms with E-state index in [0.29, 0.717) is 6.54 Å². The minimum Gasteiger partial charge on any atom is -0.348 e. The van der Waals surface area contributed by atoms with Gasteiger partial charge in [0, 0.05) is 23.9 Å². The first-order chi connectivity index (χ1) is 8.83. The molecular weight excluding hydrogens is 226 g/mol. The van der Waals surface area contributed by atoms with Gasteiger partial charge in [0.15, 0.2) is 0 Å². The van der Waals surface area contributed by atoms with Crippen LogP contribution >= 0.6 is 0 Å². The lowest BCUT2D eigenvalue weighted by Crippen LogP contribution is -2.22. The topological polar surface area (TPSA) is 57.8 Å². The molecule has 2 N–H and O–H groups in total. The number of H-pyrrole nitrogens is 1. The maximum absolute atomic E-state index is 12.0. The molecule has 0 atom stereocenters. The van der Waals surface area contributed by atoms with E-state index in [2.05, 4.69) is 21.6 Å². The molecule has 4 nitrogen and oxygen atoms in total. The Hall–Kier alpha value is -2.10. The number of fused-ring (bicyclic) bond motifs is 1. The van der Waals surface area contributed by atoms with Crippen molar-refractivity contribution in [3.05, 3.63) is 52.8 Å². The van der Waals surface area contributed by atoms with Gasteiger partial charge in [-0.25, -0.2) is 0 Å². The number of carbonyl (C=O) groups excluding carboxylic acids is 1. The van der Waals surface area contributed by atoms with Crippen LogP contribution in [0, 0.1) is 0 Å². The van der Waals surface area contributed by atoms with Crippen LogP contribution in [0.2, 0.25) is 0 Å². The van der Waals surface area contributed by atoms with Crippen molar-refractivity contribution in [1.29, 1.82) is 0 Å². The summed E-state index contributed by atoms with van der Waals surface area (Å²) < 4.78 is 0. The van der Waals surface area contributed by atoms with Crippen LogP contribution < -0.4 is 5.32 Å². The van der Waals surface area contributed by atoms with Crippen molar-refractivity contribution in [2.24, 2.45) is 0 Å². The van der Waals surface area contributed by atoms with Gasteiger partial charge in [0.1, 0.15) is 0 Å². The standard InChI is InChI=1S/C14H15N3O/c18-14(15-7-10-8-16-17-9-10)13-5-4-11-2-1-3-12(11)6-13/h4-6,8-9H,1-3,7H2,(H,15,18)(H,16,17). The second-order valence-electron chi connectivity index (χ2n) is 4.63. The van der Waals surface area contributed by atoms with Gasteiger partial charge in [-0.2, -0.15) is 5.10 Å². The number of nitrogens with one attached hydrogen (secondary N) is 2. The third-order valence-electron chi connectivity index (χ3n) is 3.37. The molecule has 4 heteroatoms. The molecule has 0 spiro atoms. The van der Waals surface area contributed by atoms with Crippen LogP contribution in [-0.2, 0) is 19.4 Å². The van der Waals surface area contributed by atoms with E-state index in [1.807, 2.05) is 12.1 Å². The lowest BCUT2D eigenvalue weighted by Gasteiger charge is -2.06. The fourth-order valence-corrected chi connectivity index (χ4v) is 2.37. The number of hydrogen-bond acceptors (Lipinski definition) is 2. The lowest BCUT2D eigenvalue weighted by atomic mass is 10.1. The first kappa shape index (κ1) is 11.0.